The standard InChI is InChI=1S/C28H31F2N7O2/c1-2-18-15-32-26-22(9-8-17(16-36(18)26)20-5-3-6-21(29)24(20)30)33-27(38)35-13-10-19(11-14-35)37-23-7-4-12-31-25(23)34-28(37)39/h3-7,12,15,17,19,22H,2,8-11,13-14,16H2,1H3,(H,33,38)(H,31,34,39)/t17-,22-/m1/s1. The highest BCUT2D eigenvalue weighted by Crippen LogP contribution is 2.35. The number of carbonyl (C=O) groups excluding carboxylic acids is 1. The molecule has 204 valence electrons. The molecule has 4 aromatic rings. The van der Waals surface area contributed by atoms with E-state index >= 15 is 0 Å². The molecule has 1 saturated heterocycles. The van der Waals surface area contributed by atoms with Gasteiger partial charge in [0, 0.05) is 49.7 Å². The molecule has 2 N–H and O–H groups in total. The maximum absolute atomic E-state index is 14.7. The SMILES string of the molecule is CCc1cnc2n1C[C@H](c1cccc(F)c1F)CC[C@H]2NC(=O)N1CCC(n2c(=O)[nH]c3ncccc32)CC1. The molecule has 5 heterocycles. The summed E-state index contributed by atoms with van der Waals surface area (Å²) in [5, 5.41) is 3.16. The number of H-pyrrole nitrogens is 1. The quantitative estimate of drug-likeness (QED) is 0.404. The van der Waals surface area contributed by atoms with Gasteiger partial charge in [0.2, 0.25) is 0 Å². The third-order valence-electron chi connectivity index (χ3n) is 8.18. The lowest BCUT2D eigenvalue weighted by atomic mass is 9.92. The molecule has 9 nitrogen and oxygen atoms in total. The van der Waals surface area contributed by atoms with Gasteiger partial charge >= 0.3 is 11.7 Å². The smallest absolute Gasteiger partial charge is 0.327 e. The highest BCUT2D eigenvalue weighted by Gasteiger charge is 2.32. The van der Waals surface area contributed by atoms with Crippen molar-refractivity contribution in [2.24, 2.45) is 0 Å². The van der Waals surface area contributed by atoms with Gasteiger partial charge in [-0.2, -0.15) is 0 Å². The van der Waals surface area contributed by atoms with Crippen LogP contribution in [0.5, 0.6) is 0 Å². The van der Waals surface area contributed by atoms with Gasteiger partial charge in [0.15, 0.2) is 17.3 Å². The normalized spacial score (nSPS) is 20.1. The Morgan fingerprint density at radius 3 is 2.72 bits per heavy atom. The summed E-state index contributed by atoms with van der Waals surface area (Å²) in [5.41, 5.74) is 2.50. The first-order chi connectivity index (χ1) is 18.9. The number of fused-ring (bicyclic) bond motifs is 2. The van der Waals surface area contributed by atoms with Gasteiger partial charge in [-0.05, 0) is 55.9 Å². The Bertz CT molecular complexity index is 1570. The third kappa shape index (κ3) is 4.59. The molecule has 0 aliphatic carbocycles. The predicted octanol–water partition coefficient (Wildman–Crippen LogP) is 4.43. The lowest BCUT2D eigenvalue weighted by Gasteiger charge is -2.33. The molecule has 0 bridgehead atoms. The van der Waals surface area contributed by atoms with Gasteiger partial charge in [0.05, 0.1) is 11.6 Å². The van der Waals surface area contributed by atoms with Crippen LogP contribution >= 0.6 is 0 Å². The highest BCUT2D eigenvalue weighted by atomic mass is 19.2. The van der Waals surface area contributed by atoms with E-state index in [1.807, 2.05) is 19.1 Å². The number of imidazole rings is 2. The number of hydrogen-bond donors (Lipinski definition) is 2. The van der Waals surface area contributed by atoms with Gasteiger partial charge in [-0.25, -0.2) is 28.3 Å². The van der Waals surface area contributed by atoms with Crippen LogP contribution in [-0.4, -0.2) is 48.1 Å². The highest BCUT2D eigenvalue weighted by molar-refractivity contribution is 5.75. The summed E-state index contributed by atoms with van der Waals surface area (Å²) in [6.07, 6.45) is 6.62. The second-order valence-electron chi connectivity index (χ2n) is 10.4. The van der Waals surface area contributed by atoms with E-state index in [0.717, 1.165) is 29.5 Å². The van der Waals surface area contributed by atoms with Crippen molar-refractivity contribution in [2.45, 2.75) is 63.6 Å². The van der Waals surface area contributed by atoms with Crippen molar-refractivity contribution in [3.63, 3.8) is 0 Å². The van der Waals surface area contributed by atoms with Crippen molar-refractivity contribution in [1.29, 1.82) is 0 Å². The molecule has 3 aromatic heterocycles. The molecule has 0 saturated carbocycles. The Morgan fingerprint density at radius 1 is 1.10 bits per heavy atom. The summed E-state index contributed by atoms with van der Waals surface area (Å²) in [5.74, 6) is -1.15. The van der Waals surface area contributed by atoms with Crippen LogP contribution in [0.3, 0.4) is 0 Å². The van der Waals surface area contributed by atoms with E-state index in [-0.39, 0.29) is 29.7 Å². The molecule has 0 spiro atoms. The number of urea groups is 1. The number of halogens is 2. The van der Waals surface area contributed by atoms with E-state index in [1.54, 1.807) is 27.9 Å². The molecule has 6 rings (SSSR count). The fourth-order valence-corrected chi connectivity index (χ4v) is 6.12. The van der Waals surface area contributed by atoms with Crippen molar-refractivity contribution < 1.29 is 13.6 Å². The minimum absolute atomic E-state index is 0.0229. The number of aryl methyl sites for hydroxylation is 1. The first-order valence-electron chi connectivity index (χ1n) is 13.5. The maximum atomic E-state index is 14.7. The van der Waals surface area contributed by atoms with E-state index in [4.69, 9.17) is 0 Å². The molecule has 2 aliphatic heterocycles. The number of piperidine rings is 1. The summed E-state index contributed by atoms with van der Waals surface area (Å²) in [6.45, 7) is 3.52. The first kappa shape index (κ1) is 25.3. The van der Waals surface area contributed by atoms with Gasteiger partial charge in [0.1, 0.15) is 5.82 Å². The first-order valence-corrected chi connectivity index (χ1v) is 13.5. The summed E-state index contributed by atoms with van der Waals surface area (Å²) in [6, 6.07) is 7.44. The Balaban J connectivity index is 1.17. The van der Waals surface area contributed by atoms with E-state index in [1.165, 1.54) is 6.07 Å². The molecule has 11 heteroatoms. The van der Waals surface area contributed by atoms with Gasteiger partial charge in [-0.1, -0.05) is 19.1 Å². The molecular weight excluding hydrogens is 504 g/mol. The molecule has 1 aromatic carbocycles. The number of rotatable bonds is 4. The van der Waals surface area contributed by atoms with Crippen molar-refractivity contribution in [3.05, 3.63) is 81.9 Å². The van der Waals surface area contributed by atoms with Crippen molar-refractivity contribution in [2.75, 3.05) is 13.1 Å². The summed E-state index contributed by atoms with van der Waals surface area (Å²) >= 11 is 0. The maximum Gasteiger partial charge on any atom is 0.327 e. The van der Waals surface area contributed by atoms with E-state index in [0.29, 0.717) is 56.5 Å². The van der Waals surface area contributed by atoms with Crippen molar-refractivity contribution in [3.8, 4) is 0 Å². The number of likely N-dealkylation sites (tertiary alicyclic amines) is 1. The number of amides is 2. The van der Waals surface area contributed by atoms with Gasteiger partial charge in [-0.3, -0.25) is 9.55 Å². The van der Waals surface area contributed by atoms with Crippen LogP contribution in [0.25, 0.3) is 11.2 Å². The number of nitrogens with one attached hydrogen (secondary N) is 2. The van der Waals surface area contributed by atoms with Crippen LogP contribution in [0, 0.1) is 11.6 Å². The van der Waals surface area contributed by atoms with Crippen LogP contribution in [0.1, 0.15) is 67.7 Å². The number of nitrogens with zero attached hydrogens (tertiary/aromatic N) is 5. The van der Waals surface area contributed by atoms with Crippen LogP contribution in [0.2, 0.25) is 0 Å². The fourth-order valence-electron chi connectivity index (χ4n) is 6.12. The number of pyridine rings is 1. The third-order valence-corrected chi connectivity index (χ3v) is 8.18. The molecule has 1 fully saturated rings. The molecule has 2 aliphatic rings. The van der Waals surface area contributed by atoms with Crippen LogP contribution in [0.4, 0.5) is 13.6 Å². The zero-order valence-electron chi connectivity index (χ0n) is 21.7. The number of carbonyl (C=O) groups is 1. The summed E-state index contributed by atoms with van der Waals surface area (Å²) in [7, 11) is 0. The van der Waals surface area contributed by atoms with E-state index < -0.39 is 11.6 Å². The molecule has 2 atom stereocenters. The Kier molecular flexibility index (Phi) is 6.66. The second kappa shape index (κ2) is 10.3. The lowest BCUT2D eigenvalue weighted by Crippen LogP contribution is -2.46. The van der Waals surface area contributed by atoms with Crippen molar-refractivity contribution >= 4 is 17.2 Å². The Morgan fingerprint density at radius 2 is 1.92 bits per heavy atom. The Labute approximate surface area is 223 Å². The van der Waals surface area contributed by atoms with Gasteiger partial charge < -0.3 is 14.8 Å². The topological polar surface area (TPSA) is 101 Å². The van der Waals surface area contributed by atoms with Crippen LogP contribution in [-0.2, 0) is 13.0 Å². The number of aromatic nitrogens is 5. The largest absolute Gasteiger partial charge is 0.330 e. The van der Waals surface area contributed by atoms with Gasteiger partial charge in [-0.15, -0.1) is 0 Å². The molecule has 0 radical (unpaired) electrons. The van der Waals surface area contributed by atoms with E-state index in [2.05, 4.69) is 24.8 Å². The molecular formula is C28H31F2N7O2. The Hall–Kier alpha value is -4.02. The minimum atomic E-state index is -0.849. The number of aromatic amines is 1. The predicted molar refractivity (Wildman–Crippen MR) is 141 cm³/mol. The molecule has 2 amide bonds. The zero-order valence-corrected chi connectivity index (χ0v) is 21.7. The van der Waals surface area contributed by atoms with Gasteiger partial charge in [0.25, 0.3) is 0 Å². The van der Waals surface area contributed by atoms with Crippen LogP contribution in [0.15, 0.2) is 47.5 Å². The average Bonchev–Trinajstić information content (AvgIpc) is 3.45. The molecule has 0 unspecified atom stereocenters. The van der Waals surface area contributed by atoms with Crippen LogP contribution < -0.4 is 11.0 Å². The minimum Gasteiger partial charge on any atom is -0.330 e. The zero-order chi connectivity index (χ0) is 27.1. The fraction of sp³-hybridized carbons (Fsp3) is 0.429. The average molecular weight is 536 g/mol. The van der Waals surface area contributed by atoms with E-state index in [9.17, 15) is 18.4 Å². The molecule has 39 heavy (non-hydrogen) atoms. The second-order valence-corrected chi connectivity index (χ2v) is 10.4. The van der Waals surface area contributed by atoms with Crippen molar-refractivity contribution in [1.82, 2.24) is 34.3 Å². The summed E-state index contributed by atoms with van der Waals surface area (Å²) in [4.78, 5) is 39.4. The lowest BCUT2D eigenvalue weighted by molar-refractivity contribution is 0.167. The summed E-state index contributed by atoms with van der Waals surface area (Å²) < 4.78 is 32.5. The number of hydrogen-bond acceptors (Lipinski definition) is 4. The monoisotopic (exact) mass is 535 g/mol. The number of benzene rings is 1.